The topological polar surface area (TPSA) is 96.0 Å². The van der Waals surface area contributed by atoms with E-state index in [1.165, 1.54) is 12.0 Å². The number of sulfonamides is 1. The van der Waals surface area contributed by atoms with E-state index in [9.17, 15) is 18.0 Å². The number of carbonyl (C=O) groups is 2. The third kappa shape index (κ3) is 6.71. The average molecular weight is 462 g/mol. The van der Waals surface area contributed by atoms with E-state index in [4.69, 9.17) is 4.74 Å². The van der Waals surface area contributed by atoms with Crippen LogP contribution in [0.15, 0.2) is 54.6 Å². The van der Waals surface area contributed by atoms with Crippen LogP contribution in [0.2, 0.25) is 0 Å². The Morgan fingerprint density at radius 1 is 1.06 bits per heavy atom. The zero-order chi connectivity index (χ0) is 23.7. The van der Waals surface area contributed by atoms with E-state index >= 15 is 0 Å². The summed E-state index contributed by atoms with van der Waals surface area (Å²) in [7, 11) is -2.30. The number of hydrogen-bond donors (Lipinski definition) is 1. The van der Waals surface area contributed by atoms with Crippen LogP contribution in [0.4, 0.5) is 5.69 Å². The summed E-state index contributed by atoms with van der Waals surface area (Å²) in [5.41, 5.74) is 1.15. The summed E-state index contributed by atoms with van der Waals surface area (Å²) in [5.74, 6) is -0.273. The largest absolute Gasteiger partial charge is 0.497 e. The summed E-state index contributed by atoms with van der Waals surface area (Å²) in [5, 5.41) is 2.77. The smallest absolute Gasteiger partial charge is 0.244 e. The van der Waals surface area contributed by atoms with Gasteiger partial charge in [-0.2, -0.15) is 0 Å². The second kappa shape index (κ2) is 11.5. The normalized spacial score (nSPS) is 12.0. The molecule has 0 radical (unpaired) electrons. The summed E-state index contributed by atoms with van der Waals surface area (Å²) in [6.07, 6.45) is 1.44. The summed E-state index contributed by atoms with van der Waals surface area (Å²) >= 11 is 0. The van der Waals surface area contributed by atoms with E-state index in [0.717, 1.165) is 16.1 Å². The van der Waals surface area contributed by atoms with Gasteiger partial charge in [-0.25, -0.2) is 8.42 Å². The highest BCUT2D eigenvalue weighted by molar-refractivity contribution is 7.92. The number of amides is 2. The van der Waals surface area contributed by atoms with Crippen molar-refractivity contribution in [3.63, 3.8) is 0 Å². The maximum Gasteiger partial charge on any atom is 0.244 e. The van der Waals surface area contributed by atoms with Crippen LogP contribution < -0.4 is 14.4 Å². The van der Waals surface area contributed by atoms with Crippen LogP contribution >= 0.6 is 0 Å². The number of methoxy groups -OCH3 is 1. The minimum Gasteiger partial charge on any atom is -0.497 e. The summed E-state index contributed by atoms with van der Waals surface area (Å²) in [4.78, 5) is 27.6. The molecule has 1 unspecified atom stereocenters. The zero-order valence-electron chi connectivity index (χ0n) is 18.9. The lowest BCUT2D eigenvalue weighted by atomic mass is 10.1. The molecule has 174 valence electrons. The van der Waals surface area contributed by atoms with E-state index < -0.39 is 28.5 Å². The first-order chi connectivity index (χ1) is 15.2. The minimum absolute atomic E-state index is 0.186. The molecule has 0 aliphatic rings. The van der Waals surface area contributed by atoms with Gasteiger partial charge in [-0.15, -0.1) is 0 Å². The highest BCUT2D eigenvalue weighted by Crippen LogP contribution is 2.24. The molecule has 8 nitrogen and oxygen atoms in total. The first-order valence-electron chi connectivity index (χ1n) is 10.4. The standard InChI is InChI=1S/C23H31N3O5S/c1-5-21(23(28)24-6-2)25(16-18-11-8-7-9-12-18)22(27)17-26(32(4,29)30)19-13-10-14-20(15-19)31-3/h7-15,21H,5-6,16-17H2,1-4H3,(H,24,28). The van der Waals surface area contributed by atoms with Crippen molar-refractivity contribution in [2.75, 3.05) is 30.8 Å². The van der Waals surface area contributed by atoms with Crippen molar-refractivity contribution in [3.05, 3.63) is 60.2 Å². The van der Waals surface area contributed by atoms with Gasteiger partial charge < -0.3 is 15.0 Å². The van der Waals surface area contributed by atoms with Gasteiger partial charge >= 0.3 is 0 Å². The van der Waals surface area contributed by atoms with E-state index in [0.29, 0.717) is 24.4 Å². The molecule has 0 saturated heterocycles. The van der Waals surface area contributed by atoms with Crippen LogP contribution in [-0.4, -0.2) is 57.6 Å². The number of carbonyl (C=O) groups excluding carboxylic acids is 2. The Balaban J connectivity index is 2.41. The first kappa shape index (κ1) is 25.2. The number of hydrogen-bond acceptors (Lipinski definition) is 5. The highest BCUT2D eigenvalue weighted by atomic mass is 32.2. The van der Waals surface area contributed by atoms with E-state index in [1.54, 1.807) is 24.3 Å². The maximum absolute atomic E-state index is 13.5. The van der Waals surface area contributed by atoms with Crippen molar-refractivity contribution in [2.45, 2.75) is 32.9 Å². The number of anilines is 1. The molecule has 2 amide bonds. The Morgan fingerprint density at radius 2 is 1.75 bits per heavy atom. The third-order valence-electron chi connectivity index (χ3n) is 4.95. The number of ether oxygens (including phenoxy) is 1. The van der Waals surface area contributed by atoms with Crippen LogP contribution in [0.3, 0.4) is 0 Å². The molecule has 9 heteroatoms. The number of nitrogens with zero attached hydrogens (tertiary/aromatic N) is 2. The lowest BCUT2D eigenvalue weighted by Gasteiger charge is -2.32. The summed E-state index contributed by atoms with van der Waals surface area (Å²) < 4.78 is 31.3. The van der Waals surface area contributed by atoms with Crippen LogP contribution in [0, 0.1) is 0 Å². The van der Waals surface area contributed by atoms with Crippen molar-refractivity contribution in [3.8, 4) is 5.75 Å². The summed E-state index contributed by atoms with van der Waals surface area (Å²) in [6.45, 7) is 3.81. The Hall–Kier alpha value is -3.07. The van der Waals surface area contributed by atoms with Crippen LogP contribution in [0.25, 0.3) is 0 Å². The SMILES string of the molecule is CCNC(=O)C(CC)N(Cc1ccccc1)C(=O)CN(c1cccc(OC)c1)S(C)(=O)=O. The van der Waals surface area contributed by atoms with E-state index in [1.807, 2.05) is 44.2 Å². The molecule has 0 spiro atoms. The molecule has 0 heterocycles. The molecule has 0 bridgehead atoms. The number of likely N-dealkylation sites (N-methyl/N-ethyl adjacent to an activating group) is 1. The van der Waals surface area contributed by atoms with Crippen molar-refractivity contribution >= 4 is 27.5 Å². The van der Waals surface area contributed by atoms with Crippen molar-refractivity contribution in [1.29, 1.82) is 0 Å². The fourth-order valence-electron chi connectivity index (χ4n) is 3.37. The van der Waals surface area contributed by atoms with Crippen molar-refractivity contribution < 1.29 is 22.7 Å². The van der Waals surface area contributed by atoms with Gasteiger partial charge in [0.25, 0.3) is 0 Å². The lowest BCUT2D eigenvalue weighted by Crippen LogP contribution is -2.52. The third-order valence-corrected chi connectivity index (χ3v) is 6.09. The molecule has 0 fully saturated rings. The van der Waals surface area contributed by atoms with Gasteiger partial charge in [0.1, 0.15) is 18.3 Å². The van der Waals surface area contributed by atoms with E-state index in [-0.39, 0.29) is 12.5 Å². The van der Waals surface area contributed by atoms with Crippen LogP contribution in [0.1, 0.15) is 25.8 Å². The fraction of sp³-hybridized carbons (Fsp3) is 0.391. The van der Waals surface area contributed by atoms with Gasteiger partial charge in [0.15, 0.2) is 0 Å². The predicted molar refractivity (Wildman–Crippen MR) is 125 cm³/mol. The molecule has 2 aromatic rings. The molecular formula is C23H31N3O5S. The monoisotopic (exact) mass is 461 g/mol. The second-order valence-electron chi connectivity index (χ2n) is 7.30. The maximum atomic E-state index is 13.5. The second-order valence-corrected chi connectivity index (χ2v) is 9.20. The Kier molecular flexibility index (Phi) is 9.07. The van der Waals surface area contributed by atoms with Crippen LogP contribution in [0.5, 0.6) is 5.75 Å². The molecule has 2 aromatic carbocycles. The number of benzene rings is 2. The zero-order valence-corrected chi connectivity index (χ0v) is 19.8. The van der Waals surface area contributed by atoms with Crippen LogP contribution in [-0.2, 0) is 26.2 Å². The summed E-state index contributed by atoms with van der Waals surface area (Å²) in [6, 6.07) is 15.1. The Morgan fingerprint density at radius 3 is 2.31 bits per heavy atom. The number of nitrogens with one attached hydrogen (secondary N) is 1. The Bertz CT molecular complexity index is 1010. The first-order valence-corrected chi connectivity index (χ1v) is 12.3. The van der Waals surface area contributed by atoms with Gasteiger partial charge in [-0.3, -0.25) is 13.9 Å². The quantitative estimate of drug-likeness (QED) is 0.554. The minimum atomic E-state index is -3.78. The highest BCUT2D eigenvalue weighted by Gasteiger charge is 2.31. The number of rotatable bonds is 11. The van der Waals surface area contributed by atoms with Gasteiger partial charge in [0.2, 0.25) is 21.8 Å². The molecule has 2 rings (SSSR count). The predicted octanol–water partition coefficient (Wildman–Crippen LogP) is 2.40. The molecule has 32 heavy (non-hydrogen) atoms. The molecular weight excluding hydrogens is 430 g/mol. The van der Waals surface area contributed by atoms with Crippen molar-refractivity contribution in [2.24, 2.45) is 0 Å². The van der Waals surface area contributed by atoms with Crippen molar-refractivity contribution in [1.82, 2.24) is 10.2 Å². The molecule has 1 N–H and O–H groups in total. The lowest BCUT2D eigenvalue weighted by molar-refractivity contribution is -0.140. The Labute approximate surface area is 190 Å². The van der Waals surface area contributed by atoms with E-state index in [2.05, 4.69) is 5.32 Å². The fourth-order valence-corrected chi connectivity index (χ4v) is 4.21. The molecule has 0 aromatic heterocycles. The average Bonchev–Trinajstić information content (AvgIpc) is 2.77. The van der Waals surface area contributed by atoms with Gasteiger partial charge in [-0.1, -0.05) is 43.3 Å². The van der Waals surface area contributed by atoms with Gasteiger partial charge in [-0.05, 0) is 31.0 Å². The molecule has 0 aliphatic heterocycles. The van der Waals surface area contributed by atoms with Gasteiger partial charge in [0.05, 0.1) is 19.1 Å². The molecule has 1 atom stereocenters. The van der Waals surface area contributed by atoms with Gasteiger partial charge in [0, 0.05) is 19.2 Å². The molecule has 0 aliphatic carbocycles. The molecule has 0 saturated carbocycles.